The third-order valence-electron chi connectivity index (χ3n) is 2.49. The summed E-state index contributed by atoms with van der Waals surface area (Å²) in [6.07, 6.45) is 1.97. The second kappa shape index (κ2) is 7.98. The van der Waals surface area contributed by atoms with Crippen molar-refractivity contribution in [2.45, 2.75) is 33.2 Å². The van der Waals surface area contributed by atoms with Crippen LogP contribution in [0.15, 0.2) is 6.20 Å². The summed E-state index contributed by atoms with van der Waals surface area (Å²) in [4.78, 5) is 29.8. The summed E-state index contributed by atoms with van der Waals surface area (Å²) in [7, 11) is 0. The molecule has 2 N–H and O–H groups in total. The molecule has 116 valence electrons. The Hall–Kier alpha value is -2.45. The SMILES string of the molecule is CCCNc1ncc([N+](=O)[O-])c(NC(C)C(=O)OCC)n1. The number of rotatable bonds is 8. The Morgan fingerprint density at radius 3 is 2.81 bits per heavy atom. The highest BCUT2D eigenvalue weighted by atomic mass is 16.6. The monoisotopic (exact) mass is 297 g/mol. The fraction of sp³-hybridized carbons (Fsp3) is 0.583. The van der Waals surface area contributed by atoms with Crippen LogP contribution in [-0.4, -0.2) is 40.1 Å². The first-order chi connectivity index (χ1) is 9.99. The number of nitrogens with one attached hydrogen (secondary N) is 2. The van der Waals surface area contributed by atoms with E-state index in [-0.39, 0.29) is 24.1 Å². The molecule has 1 aromatic heterocycles. The summed E-state index contributed by atoms with van der Waals surface area (Å²) in [5.74, 6) is -0.261. The van der Waals surface area contributed by atoms with Gasteiger partial charge in [-0.2, -0.15) is 4.98 Å². The average Bonchev–Trinajstić information content (AvgIpc) is 2.45. The van der Waals surface area contributed by atoms with Crippen LogP contribution in [0.5, 0.6) is 0 Å². The highest BCUT2D eigenvalue weighted by Crippen LogP contribution is 2.22. The first-order valence-electron chi connectivity index (χ1n) is 6.68. The van der Waals surface area contributed by atoms with E-state index in [1.165, 1.54) is 0 Å². The summed E-state index contributed by atoms with van der Waals surface area (Å²) in [5.41, 5.74) is -0.298. The quantitative estimate of drug-likeness (QED) is 0.421. The lowest BCUT2D eigenvalue weighted by Crippen LogP contribution is -2.29. The highest BCUT2D eigenvalue weighted by molar-refractivity contribution is 5.79. The maximum Gasteiger partial charge on any atom is 0.329 e. The van der Waals surface area contributed by atoms with Gasteiger partial charge in [-0.15, -0.1) is 0 Å². The summed E-state index contributed by atoms with van der Waals surface area (Å²) < 4.78 is 4.84. The van der Waals surface area contributed by atoms with Crippen molar-refractivity contribution in [2.75, 3.05) is 23.8 Å². The largest absolute Gasteiger partial charge is 0.464 e. The number of carbonyl (C=O) groups is 1. The van der Waals surface area contributed by atoms with Crippen molar-refractivity contribution in [3.05, 3.63) is 16.3 Å². The summed E-state index contributed by atoms with van der Waals surface area (Å²) in [6, 6.07) is -0.752. The van der Waals surface area contributed by atoms with Gasteiger partial charge in [0.2, 0.25) is 11.8 Å². The maximum absolute atomic E-state index is 11.6. The molecule has 0 aliphatic heterocycles. The predicted octanol–water partition coefficient (Wildman–Crippen LogP) is 1.57. The van der Waals surface area contributed by atoms with Crippen LogP contribution in [0.3, 0.4) is 0 Å². The van der Waals surface area contributed by atoms with Crippen molar-refractivity contribution in [2.24, 2.45) is 0 Å². The minimum absolute atomic E-state index is 0.0193. The molecule has 1 heterocycles. The van der Waals surface area contributed by atoms with E-state index in [1.807, 2.05) is 6.92 Å². The minimum atomic E-state index is -0.752. The zero-order valence-corrected chi connectivity index (χ0v) is 12.3. The van der Waals surface area contributed by atoms with E-state index in [0.29, 0.717) is 6.54 Å². The normalized spacial score (nSPS) is 11.6. The van der Waals surface area contributed by atoms with E-state index >= 15 is 0 Å². The lowest BCUT2D eigenvalue weighted by atomic mass is 10.3. The number of ether oxygens (including phenoxy) is 1. The van der Waals surface area contributed by atoms with Crippen molar-refractivity contribution < 1.29 is 14.5 Å². The molecule has 0 saturated heterocycles. The van der Waals surface area contributed by atoms with E-state index in [1.54, 1.807) is 13.8 Å². The van der Waals surface area contributed by atoms with Crippen LogP contribution in [0.2, 0.25) is 0 Å². The Bertz CT molecular complexity index is 508. The zero-order valence-electron chi connectivity index (χ0n) is 12.3. The van der Waals surface area contributed by atoms with Crippen LogP contribution in [0, 0.1) is 10.1 Å². The van der Waals surface area contributed by atoms with Crippen LogP contribution in [0.1, 0.15) is 27.2 Å². The van der Waals surface area contributed by atoms with Gasteiger partial charge in [-0.1, -0.05) is 6.92 Å². The van der Waals surface area contributed by atoms with Crippen LogP contribution in [0.4, 0.5) is 17.5 Å². The summed E-state index contributed by atoms with van der Waals surface area (Å²) >= 11 is 0. The van der Waals surface area contributed by atoms with Crippen LogP contribution < -0.4 is 10.6 Å². The third-order valence-corrected chi connectivity index (χ3v) is 2.49. The molecule has 0 amide bonds. The maximum atomic E-state index is 11.6. The van der Waals surface area contributed by atoms with Crippen LogP contribution >= 0.6 is 0 Å². The molecule has 0 aliphatic rings. The van der Waals surface area contributed by atoms with Gasteiger partial charge in [-0.3, -0.25) is 10.1 Å². The molecular formula is C12H19N5O4. The van der Waals surface area contributed by atoms with Gasteiger partial charge in [-0.05, 0) is 20.3 Å². The van der Waals surface area contributed by atoms with Gasteiger partial charge in [0.15, 0.2) is 0 Å². The molecule has 0 fully saturated rings. The fourth-order valence-electron chi connectivity index (χ4n) is 1.47. The number of carbonyl (C=O) groups excluding carboxylic acids is 1. The van der Waals surface area contributed by atoms with Crippen LogP contribution in [-0.2, 0) is 9.53 Å². The van der Waals surface area contributed by atoms with Crippen molar-refractivity contribution >= 4 is 23.4 Å². The molecule has 1 rings (SSSR count). The number of hydrogen-bond acceptors (Lipinski definition) is 8. The topological polar surface area (TPSA) is 119 Å². The molecule has 1 unspecified atom stereocenters. The number of hydrogen-bond donors (Lipinski definition) is 2. The van der Waals surface area contributed by atoms with Gasteiger partial charge in [0, 0.05) is 6.54 Å². The van der Waals surface area contributed by atoms with Gasteiger partial charge in [-0.25, -0.2) is 9.78 Å². The fourth-order valence-corrected chi connectivity index (χ4v) is 1.47. The lowest BCUT2D eigenvalue weighted by Gasteiger charge is -2.13. The number of aromatic nitrogens is 2. The van der Waals surface area contributed by atoms with Gasteiger partial charge >= 0.3 is 11.7 Å². The molecule has 0 aliphatic carbocycles. The van der Waals surface area contributed by atoms with Crippen molar-refractivity contribution in [1.82, 2.24) is 9.97 Å². The van der Waals surface area contributed by atoms with E-state index in [9.17, 15) is 14.9 Å². The first kappa shape index (κ1) is 16.6. The number of nitro groups is 1. The predicted molar refractivity (Wildman–Crippen MR) is 77.2 cm³/mol. The molecule has 0 spiro atoms. The smallest absolute Gasteiger partial charge is 0.329 e. The molecule has 0 bridgehead atoms. The molecule has 1 aromatic rings. The van der Waals surface area contributed by atoms with Gasteiger partial charge in [0.25, 0.3) is 0 Å². The number of nitrogens with zero attached hydrogens (tertiary/aromatic N) is 3. The van der Waals surface area contributed by atoms with Crippen molar-refractivity contribution in [1.29, 1.82) is 0 Å². The van der Waals surface area contributed by atoms with Gasteiger partial charge < -0.3 is 15.4 Å². The summed E-state index contributed by atoms with van der Waals surface area (Å²) in [6.45, 7) is 6.08. The molecule has 0 saturated carbocycles. The molecule has 0 radical (unpaired) electrons. The van der Waals surface area contributed by atoms with E-state index in [4.69, 9.17) is 4.74 Å². The Morgan fingerprint density at radius 2 is 2.24 bits per heavy atom. The Morgan fingerprint density at radius 1 is 1.52 bits per heavy atom. The Kier molecular flexibility index (Phi) is 6.31. The molecule has 1 atom stereocenters. The second-order valence-electron chi connectivity index (χ2n) is 4.23. The Labute approximate surface area is 122 Å². The third kappa shape index (κ3) is 4.86. The Balaban J connectivity index is 2.95. The molecular weight excluding hydrogens is 278 g/mol. The zero-order chi connectivity index (χ0) is 15.8. The second-order valence-corrected chi connectivity index (χ2v) is 4.23. The minimum Gasteiger partial charge on any atom is -0.464 e. The van der Waals surface area contributed by atoms with E-state index in [2.05, 4.69) is 20.6 Å². The van der Waals surface area contributed by atoms with Crippen molar-refractivity contribution in [3.8, 4) is 0 Å². The van der Waals surface area contributed by atoms with E-state index < -0.39 is 16.9 Å². The first-order valence-corrected chi connectivity index (χ1v) is 6.68. The van der Waals surface area contributed by atoms with E-state index in [0.717, 1.165) is 12.6 Å². The molecule has 21 heavy (non-hydrogen) atoms. The molecule has 0 aromatic carbocycles. The standard InChI is InChI=1S/C12H19N5O4/c1-4-6-13-12-14-7-9(17(19)20)10(16-12)15-8(3)11(18)21-5-2/h7-8H,4-6H2,1-3H3,(H2,13,14,15,16). The van der Waals surface area contributed by atoms with Crippen LogP contribution in [0.25, 0.3) is 0 Å². The summed E-state index contributed by atoms with van der Waals surface area (Å²) in [5, 5.41) is 16.6. The van der Waals surface area contributed by atoms with Crippen molar-refractivity contribution in [3.63, 3.8) is 0 Å². The molecule has 9 nitrogen and oxygen atoms in total. The number of esters is 1. The molecule has 9 heteroatoms. The van der Waals surface area contributed by atoms with Gasteiger partial charge in [0.05, 0.1) is 11.5 Å². The van der Waals surface area contributed by atoms with Gasteiger partial charge in [0.1, 0.15) is 12.2 Å². The number of anilines is 2. The lowest BCUT2D eigenvalue weighted by molar-refractivity contribution is -0.384. The average molecular weight is 297 g/mol. The highest BCUT2D eigenvalue weighted by Gasteiger charge is 2.22.